The molecule has 0 amide bonds. The van der Waals surface area contributed by atoms with Gasteiger partial charge in [0.25, 0.3) is 5.56 Å². The van der Waals surface area contributed by atoms with Gasteiger partial charge in [0.2, 0.25) is 0 Å². The van der Waals surface area contributed by atoms with Crippen LogP contribution in [0.25, 0.3) is 28.2 Å². The number of nitrogens with zero attached hydrogens (tertiary/aromatic N) is 2. The highest BCUT2D eigenvalue weighted by atomic mass is 32.1. The van der Waals surface area contributed by atoms with E-state index in [1.165, 1.54) is 27.9 Å². The number of benzene rings is 2. The Balaban J connectivity index is 1.81. The lowest BCUT2D eigenvalue weighted by Crippen LogP contribution is -2.17. The number of thiazole rings is 1. The van der Waals surface area contributed by atoms with Crippen molar-refractivity contribution in [3.05, 3.63) is 81.2 Å². The van der Waals surface area contributed by atoms with Crippen LogP contribution in [-0.2, 0) is 6.18 Å². The molecule has 2 aromatic carbocycles. The Morgan fingerprint density at radius 2 is 1.89 bits per heavy atom. The van der Waals surface area contributed by atoms with Gasteiger partial charge in [-0.05, 0) is 42.3 Å². The molecule has 4 rings (SSSR count). The molecule has 0 spiro atoms. The largest absolute Gasteiger partial charge is 0.493 e. The second-order valence-electron chi connectivity index (χ2n) is 7.72. The average molecular weight is 501 g/mol. The lowest BCUT2D eigenvalue weighted by atomic mass is 10.0. The van der Waals surface area contributed by atoms with Crippen LogP contribution in [0.3, 0.4) is 0 Å². The maximum absolute atomic E-state index is 13.3. The molecule has 0 saturated carbocycles. The smallest absolute Gasteiger partial charge is 0.416 e. The summed E-state index contributed by atoms with van der Waals surface area (Å²) in [5, 5.41) is 1.73. The molecule has 0 aliphatic heterocycles. The van der Waals surface area contributed by atoms with E-state index in [1.54, 1.807) is 36.9 Å². The third kappa shape index (κ3) is 5.24. The van der Waals surface area contributed by atoms with Crippen molar-refractivity contribution in [3.8, 4) is 22.6 Å². The minimum absolute atomic E-state index is 0.210. The molecule has 0 saturated heterocycles. The number of rotatable bonds is 8. The Morgan fingerprint density at radius 3 is 2.57 bits per heavy atom. The van der Waals surface area contributed by atoms with Gasteiger partial charge in [-0.3, -0.25) is 9.20 Å². The SMILES string of the molecule is CCCCOc1c(C=Cc2nc3sccn3c(=O)c2-c2ccc(C(F)(F)F)cc2)cccc1OC. The summed E-state index contributed by atoms with van der Waals surface area (Å²) in [6.45, 7) is 2.59. The van der Waals surface area contributed by atoms with E-state index in [0.29, 0.717) is 34.3 Å². The van der Waals surface area contributed by atoms with Gasteiger partial charge in [-0.15, -0.1) is 11.3 Å². The minimum atomic E-state index is -4.47. The van der Waals surface area contributed by atoms with Crippen LogP contribution in [0.2, 0.25) is 0 Å². The summed E-state index contributed by atoms with van der Waals surface area (Å²) >= 11 is 1.29. The second kappa shape index (κ2) is 10.4. The zero-order valence-corrected chi connectivity index (χ0v) is 19.9. The van der Waals surface area contributed by atoms with Gasteiger partial charge in [0.15, 0.2) is 16.5 Å². The van der Waals surface area contributed by atoms with Gasteiger partial charge in [0.1, 0.15) is 0 Å². The van der Waals surface area contributed by atoms with E-state index in [1.807, 2.05) is 12.1 Å². The molecule has 0 bridgehead atoms. The van der Waals surface area contributed by atoms with Crippen molar-refractivity contribution in [2.75, 3.05) is 13.7 Å². The van der Waals surface area contributed by atoms with Gasteiger partial charge in [-0.1, -0.05) is 37.6 Å². The fourth-order valence-corrected chi connectivity index (χ4v) is 4.29. The van der Waals surface area contributed by atoms with E-state index in [4.69, 9.17) is 9.47 Å². The van der Waals surface area contributed by atoms with Crippen LogP contribution in [0.15, 0.2) is 58.8 Å². The highest BCUT2D eigenvalue weighted by molar-refractivity contribution is 7.15. The molecule has 0 unspecified atom stereocenters. The monoisotopic (exact) mass is 500 g/mol. The molecule has 0 radical (unpaired) electrons. The Morgan fingerprint density at radius 1 is 1.11 bits per heavy atom. The summed E-state index contributed by atoms with van der Waals surface area (Å²) in [4.78, 5) is 18.4. The third-order valence-corrected chi connectivity index (χ3v) is 6.15. The van der Waals surface area contributed by atoms with Gasteiger partial charge < -0.3 is 9.47 Å². The molecule has 0 aliphatic rings. The lowest BCUT2D eigenvalue weighted by Gasteiger charge is -2.13. The minimum Gasteiger partial charge on any atom is -0.493 e. The van der Waals surface area contributed by atoms with Crippen LogP contribution in [-0.4, -0.2) is 23.1 Å². The number of alkyl halides is 3. The Hall–Kier alpha value is -3.59. The molecule has 0 N–H and O–H groups in total. The summed E-state index contributed by atoms with van der Waals surface area (Å²) in [6.07, 6.45) is 2.43. The van der Waals surface area contributed by atoms with Gasteiger partial charge in [-0.25, -0.2) is 4.98 Å². The molecule has 5 nitrogen and oxygen atoms in total. The van der Waals surface area contributed by atoms with Crippen molar-refractivity contribution in [1.82, 2.24) is 9.38 Å². The molecule has 35 heavy (non-hydrogen) atoms. The number of ether oxygens (including phenoxy) is 2. The third-order valence-electron chi connectivity index (χ3n) is 5.39. The summed E-state index contributed by atoms with van der Waals surface area (Å²) in [6, 6.07) is 10.00. The van der Waals surface area contributed by atoms with E-state index < -0.39 is 11.7 Å². The van der Waals surface area contributed by atoms with Gasteiger partial charge in [-0.2, -0.15) is 13.2 Å². The van der Waals surface area contributed by atoms with Crippen molar-refractivity contribution in [2.24, 2.45) is 0 Å². The molecule has 0 aliphatic carbocycles. The summed E-state index contributed by atoms with van der Waals surface area (Å²) in [5.74, 6) is 1.15. The average Bonchev–Trinajstić information content (AvgIpc) is 3.32. The number of fused-ring (bicyclic) bond motifs is 1. The molecule has 182 valence electrons. The standard InChI is InChI=1S/C26H23F3N2O3S/c1-3-4-15-34-23-18(6-5-7-21(23)33-2)10-13-20-22(24(32)31-14-16-35-25(31)30-20)17-8-11-19(12-9-17)26(27,28)29/h5-14,16H,3-4,15H2,1-2H3. The number of halogens is 3. The molecule has 4 aromatic rings. The zero-order chi connectivity index (χ0) is 25.0. The number of methoxy groups -OCH3 is 1. The predicted molar refractivity (Wildman–Crippen MR) is 132 cm³/mol. The van der Waals surface area contributed by atoms with Crippen molar-refractivity contribution < 1.29 is 22.6 Å². The van der Waals surface area contributed by atoms with Crippen molar-refractivity contribution in [2.45, 2.75) is 25.9 Å². The molecular formula is C26H23F3N2O3S. The molecule has 9 heteroatoms. The molecular weight excluding hydrogens is 477 g/mol. The van der Waals surface area contributed by atoms with Crippen LogP contribution in [0.5, 0.6) is 11.5 Å². The van der Waals surface area contributed by atoms with E-state index in [2.05, 4.69) is 11.9 Å². The van der Waals surface area contributed by atoms with Crippen LogP contribution >= 0.6 is 11.3 Å². The fraction of sp³-hybridized carbons (Fsp3) is 0.231. The number of unbranched alkanes of at least 4 members (excludes halogenated alkanes) is 1. The summed E-state index contributed by atoms with van der Waals surface area (Å²) in [5.41, 5.74) is 0.489. The lowest BCUT2D eigenvalue weighted by molar-refractivity contribution is -0.137. The number of hydrogen-bond acceptors (Lipinski definition) is 5. The highest BCUT2D eigenvalue weighted by Crippen LogP contribution is 2.34. The summed E-state index contributed by atoms with van der Waals surface area (Å²) < 4.78 is 52.0. The number of aromatic nitrogens is 2. The quantitative estimate of drug-likeness (QED) is 0.250. The number of para-hydroxylation sites is 1. The Bertz CT molecular complexity index is 1410. The highest BCUT2D eigenvalue weighted by Gasteiger charge is 2.30. The van der Waals surface area contributed by atoms with E-state index >= 15 is 0 Å². The van der Waals surface area contributed by atoms with E-state index in [9.17, 15) is 18.0 Å². The first-order valence-corrected chi connectivity index (χ1v) is 11.9. The van der Waals surface area contributed by atoms with Crippen LogP contribution in [0, 0.1) is 0 Å². The predicted octanol–water partition coefficient (Wildman–Crippen LogP) is 6.80. The Labute approximate surface area is 204 Å². The fourth-order valence-electron chi connectivity index (χ4n) is 3.58. The van der Waals surface area contributed by atoms with Gasteiger partial charge in [0.05, 0.1) is 30.5 Å². The van der Waals surface area contributed by atoms with Crippen molar-refractivity contribution >= 4 is 28.4 Å². The molecule has 0 fully saturated rings. The topological polar surface area (TPSA) is 52.8 Å². The van der Waals surface area contributed by atoms with Crippen molar-refractivity contribution in [3.63, 3.8) is 0 Å². The van der Waals surface area contributed by atoms with Crippen LogP contribution in [0.1, 0.15) is 36.6 Å². The normalized spacial score (nSPS) is 11.9. The van der Waals surface area contributed by atoms with Crippen molar-refractivity contribution in [1.29, 1.82) is 0 Å². The van der Waals surface area contributed by atoms with Crippen LogP contribution < -0.4 is 15.0 Å². The van der Waals surface area contributed by atoms with Gasteiger partial charge in [0, 0.05) is 17.1 Å². The maximum Gasteiger partial charge on any atom is 0.416 e. The number of hydrogen-bond donors (Lipinski definition) is 0. The van der Waals surface area contributed by atoms with E-state index in [0.717, 1.165) is 30.5 Å². The summed E-state index contributed by atoms with van der Waals surface area (Å²) in [7, 11) is 1.56. The first-order valence-electron chi connectivity index (χ1n) is 11.0. The molecule has 0 atom stereocenters. The van der Waals surface area contributed by atoms with E-state index in [-0.39, 0.29) is 11.1 Å². The van der Waals surface area contributed by atoms with Crippen LogP contribution in [0.4, 0.5) is 13.2 Å². The van der Waals surface area contributed by atoms with Gasteiger partial charge >= 0.3 is 6.18 Å². The first kappa shape index (κ1) is 24.5. The first-order chi connectivity index (χ1) is 16.8. The maximum atomic E-state index is 13.3. The zero-order valence-electron chi connectivity index (χ0n) is 19.1. The second-order valence-corrected chi connectivity index (χ2v) is 8.59. The Kier molecular flexibility index (Phi) is 7.25. The molecule has 2 heterocycles. The molecule has 2 aromatic heterocycles.